The number of aromatic nitrogens is 4. The van der Waals surface area contributed by atoms with Crippen LogP contribution in [0.15, 0.2) is 36.9 Å². The summed E-state index contributed by atoms with van der Waals surface area (Å²) in [5, 5.41) is 0.221. The smallest absolute Gasteiger partial charge is 0.353 e. The summed E-state index contributed by atoms with van der Waals surface area (Å²) in [7, 11) is -13.7. The number of nitrogens with two attached hydrogens (primary N) is 1. The average molecular weight is 698 g/mol. The van der Waals surface area contributed by atoms with Gasteiger partial charge in [0.1, 0.15) is 18.2 Å². The average Bonchev–Trinajstić information content (AvgIpc) is 3.38. The van der Waals surface area contributed by atoms with Gasteiger partial charge in [0.25, 0.3) is 0 Å². The molecule has 0 aliphatic carbocycles. The summed E-state index contributed by atoms with van der Waals surface area (Å²) < 4.78 is 91.7. The molecule has 258 valence electrons. The predicted octanol–water partition coefficient (Wildman–Crippen LogP) is 7.96. The second kappa shape index (κ2) is 15.9. The molecule has 0 aliphatic rings. The van der Waals surface area contributed by atoms with E-state index in [1.54, 1.807) is 30.0 Å². The Balaban J connectivity index is 1.13. The third kappa shape index (κ3) is 15.2. The van der Waals surface area contributed by atoms with Crippen molar-refractivity contribution in [1.82, 2.24) is 19.5 Å². The summed E-state index contributed by atoms with van der Waals surface area (Å²) in [4.78, 5) is 22.3. The maximum atomic E-state index is 12.3. The molecule has 10 nitrogen and oxygen atoms in total. The molecule has 2 aromatic heterocycles. The molecule has 0 saturated heterocycles. The van der Waals surface area contributed by atoms with Crippen LogP contribution in [0, 0.1) is 11.2 Å². The lowest BCUT2D eigenvalue weighted by atomic mass is 10.0. The van der Waals surface area contributed by atoms with E-state index >= 15 is 0 Å². The number of imidazole rings is 1. The number of fused-ring (bicyclic) bond motifs is 1. The largest absolute Gasteiger partial charge is 0.382 e. The first-order valence-electron chi connectivity index (χ1n) is 14.9. The van der Waals surface area contributed by atoms with Crippen LogP contribution in [0.5, 0.6) is 0 Å². The third-order valence-electron chi connectivity index (χ3n) is 6.77. The van der Waals surface area contributed by atoms with E-state index < -0.39 is 30.3 Å². The van der Waals surface area contributed by atoms with Crippen LogP contribution < -0.4 is 5.73 Å². The Hall–Kier alpha value is -2.80. The van der Waals surface area contributed by atoms with E-state index in [1.165, 1.54) is 24.4 Å². The Bertz CT molecular complexity index is 1520. The fourth-order valence-corrected chi connectivity index (χ4v) is 5.65. The number of benzene rings is 1. The Morgan fingerprint density at radius 1 is 0.935 bits per heavy atom. The molecule has 0 fully saturated rings. The topological polar surface area (TPSA) is 135 Å². The van der Waals surface area contributed by atoms with Crippen molar-refractivity contribution >= 4 is 34.8 Å². The third-order valence-corrected chi connectivity index (χ3v) is 8.32. The first kappa shape index (κ1) is 37.7. The first-order chi connectivity index (χ1) is 21.5. The van der Waals surface area contributed by atoms with E-state index in [-0.39, 0.29) is 29.8 Å². The van der Waals surface area contributed by atoms with Gasteiger partial charge in [-0.15, -0.1) is 0 Å². The second-order valence-corrected chi connectivity index (χ2v) is 14.9. The zero-order valence-corrected chi connectivity index (χ0v) is 27.3. The van der Waals surface area contributed by atoms with Crippen LogP contribution in [-0.2, 0) is 31.5 Å². The highest BCUT2D eigenvalue weighted by atomic mass is 32.5. The number of rotatable bonds is 20. The van der Waals surface area contributed by atoms with Crippen LogP contribution in [0.1, 0.15) is 69.4 Å². The molecular formula is C29H41F5N5O5PS. The van der Waals surface area contributed by atoms with Crippen molar-refractivity contribution in [3.05, 3.63) is 48.0 Å². The van der Waals surface area contributed by atoms with Gasteiger partial charge in [0, 0.05) is 12.2 Å². The Morgan fingerprint density at radius 2 is 1.59 bits per heavy atom. The minimum Gasteiger partial charge on any atom is -0.382 e. The zero-order valence-electron chi connectivity index (χ0n) is 25.6. The minimum absolute atomic E-state index is 0.0237. The standard InChI is InChI=1S/C29H41F5N5O5PS/c1-24(20-39-22-38-27-28(35)36-21-37-29(27)39)43-23-45(40,41)44-18-17-42-16-9-7-5-3-2-4-6-8-10-25-11-13-26(14-12-25)15-19-46(30,31,32,33)34/h11-14,21-22,24H,2-10,16-18,20,23H2,1H3,(H,40,41)(H2,35,36,37)/t24-/m1/s1. The van der Waals surface area contributed by atoms with E-state index in [0.717, 1.165) is 63.4 Å². The van der Waals surface area contributed by atoms with Gasteiger partial charge in [-0.3, -0.25) is 4.57 Å². The predicted molar refractivity (Wildman–Crippen MR) is 169 cm³/mol. The molecule has 3 rings (SSSR count). The summed E-state index contributed by atoms with van der Waals surface area (Å²) in [6.07, 6.45) is 10.9. The van der Waals surface area contributed by atoms with Crippen molar-refractivity contribution in [1.29, 1.82) is 0 Å². The van der Waals surface area contributed by atoms with Crippen LogP contribution in [0.25, 0.3) is 11.2 Å². The summed E-state index contributed by atoms with van der Waals surface area (Å²) in [5.41, 5.74) is 7.64. The van der Waals surface area contributed by atoms with Gasteiger partial charge in [-0.2, -0.15) is 0 Å². The summed E-state index contributed by atoms with van der Waals surface area (Å²) in [6, 6.07) is 5.88. The molecule has 0 aliphatic heterocycles. The number of nitrogens with zero attached hydrogens (tertiary/aromatic N) is 4. The van der Waals surface area contributed by atoms with E-state index in [2.05, 4.69) is 15.0 Å². The van der Waals surface area contributed by atoms with Gasteiger partial charge in [0.2, 0.25) is 0 Å². The fourth-order valence-electron chi connectivity index (χ4n) is 4.47. The molecule has 0 saturated carbocycles. The molecule has 1 unspecified atom stereocenters. The highest BCUT2D eigenvalue weighted by Crippen LogP contribution is 2.97. The Kier molecular flexibility index (Phi) is 13.0. The molecule has 0 spiro atoms. The molecule has 46 heavy (non-hydrogen) atoms. The SMILES string of the molecule is C[C@H](Cn1cnc2c(N)ncnc21)OCP(=O)(O)OCCOCCCCCCCCCCc1ccc(C#CS(F)(F)(F)(F)F)cc1. The molecule has 2 heterocycles. The van der Waals surface area contributed by atoms with Crippen LogP contribution in [-0.4, -0.2) is 56.7 Å². The van der Waals surface area contributed by atoms with E-state index in [4.69, 9.17) is 19.7 Å². The quantitative estimate of drug-likeness (QED) is 0.0522. The van der Waals surface area contributed by atoms with E-state index in [9.17, 15) is 28.9 Å². The van der Waals surface area contributed by atoms with E-state index in [0.29, 0.717) is 24.3 Å². The number of unbranched alkanes of at least 4 members (excludes halogenated alkanes) is 7. The van der Waals surface area contributed by atoms with Crippen LogP contribution >= 0.6 is 17.8 Å². The number of aryl methyl sites for hydroxylation is 1. The highest BCUT2D eigenvalue weighted by Gasteiger charge is 2.62. The maximum Gasteiger partial charge on any atom is 0.353 e. The van der Waals surface area contributed by atoms with Gasteiger partial charge in [-0.1, -0.05) is 70.1 Å². The number of hydrogen-bond donors (Lipinski definition) is 2. The number of ether oxygens (including phenoxy) is 2. The molecule has 2 atom stereocenters. The lowest BCUT2D eigenvalue weighted by Gasteiger charge is -2.33. The van der Waals surface area contributed by atoms with Crippen molar-refractivity contribution in [3.8, 4) is 11.2 Å². The van der Waals surface area contributed by atoms with Crippen molar-refractivity contribution < 1.29 is 42.9 Å². The Labute approximate surface area is 265 Å². The Morgan fingerprint density at radius 3 is 2.26 bits per heavy atom. The van der Waals surface area contributed by atoms with Crippen molar-refractivity contribution in [2.45, 2.75) is 77.4 Å². The number of nitrogen functional groups attached to an aromatic ring is 1. The molecule has 3 aromatic rings. The monoisotopic (exact) mass is 697 g/mol. The summed E-state index contributed by atoms with van der Waals surface area (Å²) in [5.74, 6) is 1.79. The molecule has 17 heteroatoms. The number of anilines is 1. The van der Waals surface area contributed by atoms with Crippen LogP contribution in [0.3, 0.4) is 0 Å². The first-order valence-corrected chi connectivity index (χ1v) is 18.7. The number of hydrogen-bond acceptors (Lipinski definition) is 8. The van der Waals surface area contributed by atoms with Gasteiger partial charge < -0.3 is 29.2 Å². The normalized spacial score (nSPS) is 15.5. The van der Waals surface area contributed by atoms with Crippen molar-refractivity contribution in [2.75, 3.05) is 31.9 Å². The molecular weight excluding hydrogens is 656 g/mol. The van der Waals surface area contributed by atoms with Crippen LogP contribution in [0.2, 0.25) is 0 Å². The molecule has 1 aromatic carbocycles. The zero-order chi connectivity index (χ0) is 33.7. The summed E-state index contributed by atoms with van der Waals surface area (Å²) in [6.45, 7) is 2.81. The van der Waals surface area contributed by atoms with Crippen molar-refractivity contribution in [3.63, 3.8) is 0 Å². The van der Waals surface area contributed by atoms with Gasteiger partial charge in [-0.25, -0.2) is 15.0 Å². The van der Waals surface area contributed by atoms with E-state index in [1.807, 2.05) is 0 Å². The highest BCUT2D eigenvalue weighted by molar-refractivity contribution is 8.49. The van der Waals surface area contributed by atoms with Crippen molar-refractivity contribution in [2.24, 2.45) is 0 Å². The maximum absolute atomic E-state index is 12.3. The second-order valence-electron chi connectivity index (χ2n) is 11.0. The number of halogens is 5. The molecule has 0 amide bonds. The van der Waals surface area contributed by atoms with Gasteiger partial charge in [0.05, 0.1) is 37.4 Å². The van der Waals surface area contributed by atoms with Gasteiger partial charge in [-0.05, 0) is 49.8 Å². The minimum atomic E-state index is -9.73. The lowest BCUT2D eigenvalue weighted by molar-refractivity contribution is 0.0610. The molecule has 0 bridgehead atoms. The lowest BCUT2D eigenvalue weighted by Crippen LogP contribution is -2.18. The fraction of sp³-hybridized carbons (Fsp3) is 0.552. The molecule has 3 N–H and O–H groups in total. The molecule has 0 radical (unpaired) electrons. The van der Waals surface area contributed by atoms with Crippen LogP contribution in [0.4, 0.5) is 25.2 Å². The van der Waals surface area contributed by atoms with Gasteiger partial charge >= 0.3 is 17.8 Å². The summed E-state index contributed by atoms with van der Waals surface area (Å²) >= 11 is 0. The van der Waals surface area contributed by atoms with Gasteiger partial charge in [0.15, 0.2) is 11.5 Å².